The molecule has 112 valence electrons. The Balaban J connectivity index is 2.62. The predicted octanol–water partition coefficient (Wildman–Crippen LogP) is 2.16. The molecule has 0 bridgehead atoms. The maximum atomic E-state index is 12.3. The van der Waals surface area contributed by atoms with Gasteiger partial charge in [-0.2, -0.15) is 0 Å². The third kappa shape index (κ3) is 4.85. The number of rotatable bonds is 7. The molecule has 2 atom stereocenters. The van der Waals surface area contributed by atoms with E-state index in [2.05, 4.69) is 13.8 Å². The summed E-state index contributed by atoms with van der Waals surface area (Å²) in [4.78, 5) is 14.2. The summed E-state index contributed by atoms with van der Waals surface area (Å²) in [6, 6.07) is 6.30. The predicted molar refractivity (Wildman–Crippen MR) is 81.5 cm³/mol. The van der Waals surface area contributed by atoms with Crippen molar-refractivity contribution in [3.05, 3.63) is 29.8 Å². The van der Waals surface area contributed by atoms with Crippen molar-refractivity contribution in [3.8, 4) is 5.75 Å². The summed E-state index contributed by atoms with van der Waals surface area (Å²) in [6.45, 7) is 7.69. The quantitative estimate of drug-likeness (QED) is 0.803. The first-order valence-corrected chi connectivity index (χ1v) is 7.30. The van der Waals surface area contributed by atoms with Gasteiger partial charge in [0.15, 0.2) is 0 Å². The van der Waals surface area contributed by atoms with Crippen molar-refractivity contribution in [2.45, 2.75) is 39.7 Å². The number of likely N-dealkylation sites (N-methyl/N-ethyl adjacent to an activating group) is 1. The van der Waals surface area contributed by atoms with E-state index in [1.165, 1.54) is 0 Å². The van der Waals surface area contributed by atoms with Crippen LogP contribution in [-0.4, -0.2) is 35.0 Å². The highest BCUT2D eigenvalue weighted by molar-refractivity contribution is 5.82. The molecule has 0 aliphatic heterocycles. The number of nitrogens with zero attached hydrogens (tertiary/aromatic N) is 1. The number of carbonyl (C=O) groups excluding carboxylic acids is 1. The first-order valence-electron chi connectivity index (χ1n) is 7.30. The van der Waals surface area contributed by atoms with Crippen LogP contribution in [0.25, 0.3) is 0 Å². The maximum absolute atomic E-state index is 12.3. The van der Waals surface area contributed by atoms with Gasteiger partial charge in [-0.25, -0.2) is 0 Å². The Labute approximate surface area is 121 Å². The molecule has 0 fully saturated rings. The molecule has 0 spiro atoms. The van der Waals surface area contributed by atoms with Gasteiger partial charge in [-0.05, 0) is 37.0 Å². The summed E-state index contributed by atoms with van der Waals surface area (Å²) >= 11 is 0. The molecule has 3 N–H and O–H groups in total. The number of aromatic hydroxyl groups is 1. The van der Waals surface area contributed by atoms with E-state index < -0.39 is 6.04 Å². The van der Waals surface area contributed by atoms with Crippen molar-refractivity contribution in [1.29, 1.82) is 0 Å². The van der Waals surface area contributed by atoms with Gasteiger partial charge < -0.3 is 15.7 Å². The molecule has 0 aromatic heterocycles. The van der Waals surface area contributed by atoms with Crippen LogP contribution < -0.4 is 5.73 Å². The number of benzene rings is 1. The Morgan fingerprint density at radius 3 is 2.40 bits per heavy atom. The highest BCUT2D eigenvalue weighted by Gasteiger charge is 2.21. The minimum atomic E-state index is -0.524. The van der Waals surface area contributed by atoms with Gasteiger partial charge in [0, 0.05) is 13.1 Å². The first-order chi connectivity index (χ1) is 9.47. The SMILES string of the molecule is CCC(C)CN(CC)C(=O)[C@H](N)Cc1ccc(O)cc1. The van der Waals surface area contributed by atoms with Crippen molar-refractivity contribution in [3.63, 3.8) is 0 Å². The standard InChI is InChI=1S/C16H26N2O2/c1-4-12(3)11-18(5-2)16(20)15(17)10-13-6-8-14(19)9-7-13/h6-9,12,15,19H,4-5,10-11,17H2,1-3H3/t12?,15-/m1/s1. The summed E-state index contributed by atoms with van der Waals surface area (Å²) < 4.78 is 0. The van der Waals surface area contributed by atoms with Gasteiger partial charge in [-0.3, -0.25) is 4.79 Å². The van der Waals surface area contributed by atoms with Crippen LogP contribution in [0, 0.1) is 5.92 Å². The van der Waals surface area contributed by atoms with Gasteiger partial charge in [0.2, 0.25) is 5.91 Å². The van der Waals surface area contributed by atoms with Crippen molar-refractivity contribution in [1.82, 2.24) is 4.90 Å². The number of phenolic OH excluding ortho intramolecular Hbond substituents is 1. The van der Waals surface area contributed by atoms with Gasteiger partial charge >= 0.3 is 0 Å². The summed E-state index contributed by atoms with van der Waals surface area (Å²) in [5, 5.41) is 9.25. The molecule has 1 aromatic carbocycles. The minimum absolute atomic E-state index is 0.000810. The molecule has 0 saturated carbocycles. The molecular formula is C16H26N2O2. The van der Waals surface area contributed by atoms with E-state index in [9.17, 15) is 9.90 Å². The smallest absolute Gasteiger partial charge is 0.239 e. The van der Waals surface area contributed by atoms with Crippen LogP contribution in [0.1, 0.15) is 32.8 Å². The molecule has 0 saturated heterocycles. The van der Waals surface area contributed by atoms with Crippen molar-refractivity contribution >= 4 is 5.91 Å². The Morgan fingerprint density at radius 1 is 1.30 bits per heavy atom. The summed E-state index contributed by atoms with van der Waals surface area (Å²) in [5.41, 5.74) is 6.99. The van der Waals surface area contributed by atoms with Crippen LogP contribution in [0.3, 0.4) is 0 Å². The van der Waals surface area contributed by atoms with Crippen LogP contribution in [0.5, 0.6) is 5.75 Å². The first kappa shape index (κ1) is 16.5. The molecule has 1 amide bonds. The van der Waals surface area contributed by atoms with E-state index in [4.69, 9.17) is 5.73 Å². The Morgan fingerprint density at radius 2 is 1.90 bits per heavy atom. The van der Waals surface area contributed by atoms with E-state index in [1.54, 1.807) is 24.3 Å². The van der Waals surface area contributed by atoms with Gasteiger partial charge in [0.1, 0.15) is 5.75 Å². The van der Waals surface area contributed by atoms with E-state index in [-0.39, 0.29) is 11.7 Å². The molecule has 0 radical (unpaired) electrons. The fraction of sp³-hybridized carbons (Fsp3) is 0.562. The average molecular weight is 278 g/mol. The average Bonchev–Trinajstić information content (AvgIpc) is 2.46. The number of phenols is 1. The number of hydrogen-bond donors (Lipinski definition) is 2. The fourth-order valence-corrected chi connectivity index (χ4v) is 2.09. The van der Waals surface area contributed by atoms with Crippen LogP contribution in [-0.2, 0) is 11.2 Å². The lowest BCUT2D eigenvalue weighted by Gasteiger charge is -2.27. The second-order valence-corrected chi connectivity index (χ2v) is 5.37. The lowest BCUT2D eigenvalue weighted by molar-refractivity contribution is -0.133. The van der Waals surface area contributed by atoms with E-state index in [1.807, 2.05) is 11.8 Å². The number of nitrogens with two attached hydrogens (primary N) is 1. The van der Waals surface area contributed by atoms with Gasteiger partial charge in [-0.1, -0.05) is 32.4 Å². The molecule has 4 nitrogen and oxygen atoms in total. The third-order valence-electron chi connectivity index (χ3n) is 3.63. The van der Waals surface area contributed by atoms with Crippen molar-refractivity contribution in [2.75, 3.05) is 13.1 Å². The number of carbonyl (C=O) groups is 1. The number of hydrogen-bond acceptors (Lipinski definition) is 3. The molecule has 0 aliphatic rings. The maximum Gasteiger partial charge on any atom is 0.239 e. The topological polar surface area (TPSA) is 66.6 Å². The van der Waals surface area contributed by atoms with Crippen molar-refractivity contribution in [2.24, 2.45) is 11.7 Å². The monoisotopic (exact) mass is 278 g/mol. The van der Waals surface area contributed by atoms with Gasteiger partial charge in [0.25, 0.3) is 0 Å². The van der Waals surface area contributed by atoms with Gasteiger partial charge in [0.05, 0.1) is 6.04 Å². The van der Waals surface area contributed by atoms with E-state index >= 15 is 0 Å². The Kier molecular flexibility index (Phi) is 6.52. The summed E-state index contributed by atoms with van der Waals surface area (Å²) in [6.07, 6.45) is 1.55. The Hall–Kier alpha value is -1.55. The lowest BCUT2D eigenvalue weighted by atomic mass is 10.0. The van der Waals surface area contributed by atoms with Crippen molar-refractivity contribution < 1.29 is 9.90 Å². The van der Waals surface area contributed by atoms with E-state index in [0.29, 0.717) is 18.9 Å². The van der Waals surface area contributed by atoms with E-state index in [0.717, 1.165) is 18.5 Å². The molecule has 1 aromatic rings. The minimum Gasteiger partial charge on any atom is -0.508 e. The second kappa shape index (κ2) is 7.90. The Bertz CT molecular complexity index is 417. The molecule has 20 heavy (non-hydrogen) atoms. The van der Waals surface area contributed by atoms with Crippen LogP contribution >= 0.6 is 0 Å². The molecule has 1 unspecified atom stereocenters. The second-order valence-electron chi connectivity index (χ2n) is 5.37. The largest absolute Gasteiger partial charge is 0.508 e. The van der Waals surface area contributed by atoms with Crippen LogP contribution in [0.15, 0.2) is 24.3 Å². The number of amides is 1. The zero-order chi connectivity index (χ0) is 15.1. The lowest BCUT2D eigenvalue weighted by Crippen LogP contribution is -2.46. The van der Waals surface area contributed by atoms with Crippen LogP contribution in [0.2, 0.25) is 0 Å². The fourth-order valence-electron chi connectivity index (χ4n) is 2.09. The molecule has 0 heterocycles. The van der Waals surface area contributed by atoms with Gasteiger partial charge in [-0.15, -0.1) is 0 Å². The zero-order valence-electron chi connectivity index (χ0n) is 12.7. The zero-order valence-corrected chi connectivity index (χ0v) is 12.7. The highest BCUT2D eigenvalue weighted by Crippen LogP contribution is 2.12. The normalized spacial score (nSPS) is 13.8. The third-order valence-corrected chi connectivity index (χ3v) is 3.63. The van der Waals surface area contributed by atoms with Crippen LogP contribution in [0.4, 0.5) is 0 Å². The molecule has 0 aliphatic carbocycles. The summed E-state index contributed by atoms with van der Waals surface area (Å²) in [7, 11) is 0. The molecule has 1 rings (SSSR count). The molecule has 4 heteroatoms. The summed E-state index contributed by atoms with van der Waals surface area (Å²) in [5.74, 6) is 0.709. The molecular weight excluding hydrogens is 252 g/mol. The highest BCUT2D eigenvalue weighted by atomic mass is 16.3.